The second-order valence-corrected chi connectivity index (χ2v) is 5.20. The van der Waals surface area contributed by atoms with E-state index in [2.05, 4.69) is 62.7 Å². The third kappa shape index (κ3) is 2.22. The van der Waals surface area contributed by atoms with E-state index in [1.807, 2.05) is 0 Å². The second-order valence-electron chi connectivity index (χ2n) is 5.20. The number of hydrogen-bond donors (Lipinski definition) is 0. The van der Waals surface area contributed by atoms with E-state index in [9.17, 15) is 0 Å². The van der Waals surface area contributed by atoms with Crippen molar-refractivity contribution in [2.75, 3.05) is 20.6 Å². The Labute approximate surface area is 104 Å². The fourth-order valence-electron chi connectivity index (χ4n) is 2.41. The van der Waals surface area contributed by atoms with Crippen molar-refractivity contribution in [3.8, 4) is 0 Å². The summed E-state index contributed by atoms with van der Waals surface area (Å²) >= 11 is 0. The van der Waals surface area contributed by atoms with Crippen LogP contribution in [-0.4, -0.2) is 30.1 Å². The summed E-state index contributed by atoms with van der Waals surface area (Å²) in [5.41, 5.74) is 5.59. The van der Waals surface area contributed by atoms with Crippen LogP contribution >= 0.6 is 0 Å². The Morgan fingerprint density at radius 1 is 1.18 bits per heavy atom. The highest BCUT2D eigenvalue weighted by Gasteiger charge is 2.11. The van der Waals surface area contributed by atoms with Gasteiger partial charge in [-0.2, -0.15) is 0 Å². The Morgan fingerprint density at radius 2 is 1.88 bits per heavy atom. The average Bonchev–Trinajstić information content (AvgIpc) is 2.49. The minimum absolute atomic E-state index is 1.11. The fraction of sp³-hybridized carbons (Fsp3) is 0.467. The molecular weight excluding hydrogens is 208 g/mol. The number of rotatable bonds is 3. The fourth-order valence-corrected chi connectivity index (χ4v) is 2.41. The molecule has 0 saturated carbocycles. The number of aryl methyl sites for hydroxylation is 2. The van der Waals surface area contributed by atoms with E-state index in [-0.39, 0.29) is 0 Å². The first kappa shape index (κ1) is 12.2. The van der Waals surface area contributed by atoms with Crippen molar-refractivity contribution in [1.29, 1.82) is 0 Å². The van der Waals surface area contributed by atoms with E-state index >= 15 is 0 Å². The molecule has 0 fully saturated rings. The zero-order chi connectivity index (χ0) is 12.6. The van der Waals surface area contributed by atoms with Crippen LogP contribution in [0.1, 0.15) is 16.8 Å². The lowest BCUT2D eigenvalue weighted by Gasteiger charge is -2.09. The van der Waals surface area contributed by atoms with Crippen LogP contribution in [0.25, 0.3) is 10.9 Å². The van der Waals surface area contributed by atoms with Crippen molar-refractivity contribution in [2.24, 2.45) is 7.05 Å². The Balaban J connectivity index is 2.52. The Hall–Kier alpha value is -1.28. The highest BCUT2D eigenvalue weighted by molar-refractivity contribution is 5.86. The molecule has 1 aromatic carbocycles. The van der Waals surface area contributed by atoms with Gasteiger partial charge < -0.3 is 9.47 Å². The van der Waals surface area contributed by atoms with E-state index in [4.69, 9.17) is 0 Å². The van der Waals surface area contributed by atoms with E-state index in [0.29, 0.717) is 0 Å². The standard InChI is InChI=1S/C15H22N2/c1-11-6-7-15-14(10-11)13(8-9-16(3)4)12(2)17(15)5/h6-7,10H,8-9H2,1-5H3. The predicted molar refractivity (Wildman–Crippen MR) is 74.7 cm³/mol. The molecule has 0 radical (unpaired) electrons. The topological polar surface area (TPSA) is 8.17 Å². The largest absolute Gasteiger partial charge is 0.348 e. The lowest BCUT2D eigenvalue weighted by Crippen LogP contribution is -2.15. The van der Waals surface area contributed by atoms with Crippen molar-refractivity contribution >= 4 is 10.9 Å². The Bertz CT molecular complexity index is 535. The van der Waals surface area contributed by atoms with Crippen LogP contribution in [0.4, 0.5) is 0 Å². The monoisotopic (exact) mass is 230 g/mol. The molecule has 0 amide bonds. The third-order valence-electron chi connectivity index (χ3n) is 3.59. The summed E-state index contributed by atoms with van der Waals surface area (Å²) in [6.07, 6.45) is 1.12. The third-order valence-corrected chi connectivity index (χ3v) is 3.59. The number of nitrogens with zero attached hydrogens (tertiary/aromatic N) is 2. The molecular formula is C15H22N2. The summed E-state index contributed by atoms with van der Waals surface area (Å²) in [6.45, 7) is 5.49. The second kappa shape index (κ2) is 4.53. The van der Waals surface area contributed by atoms with Crippen molar-refractivity contribution < 1.29 is 0 Å². The van der Waals surface area contributed by atoms with Crippen molar-refractivity contribution in [3.05, 3.63) is 35.0 Å². The molecule has 0 N–H and O–H groups in total. The molecule has 0 unspecified atom stereocenters. The summed E-state index contributed by atoms with van der Waals surface area (Å²) in [7, 11) is 6.42. The molecule has 0 spiro atoms. The number of likely N-dealkylation sites (N-methyl/N-ethyl adjacent to an activating group) is 1. The molecule has 1 heterocycles. The molecule has 0 aliphatic carbocycles. The van der Waals surface area contributed by atoms with Gasteiger partial charge in [0.15, 0.2) is 0 Å². The molecule has 2 nitrogen and oxygen atoms in total. The van der Waals surface area contributed by atoms with Crippen molar-refractivity contribution in [1.82, 2.24) is 9.47 Å². The minimum Gasteiger partial charge on any atom is -0.348 e. The molecule has 2 heteroatoms. The molecule has 17 heavy (non-hydrogen) atoms. The van der Waals surface area contributed by atoms with Crippen LogP contribution in [0, 0.1) is 13.8 Å². The van der Waals surface area contributed by atoms with Gasteiger partial charge in [-0.05, 0) is 52.1 Å². The number of aromatic nitrogens is 1. The summed E-state index contributed by atoms with van der Waals surface area (Å²) in [5, 5.41) is 1.42. The van der Waals surface area contributed by atoms with Gasteiger partial charge >= 0.3 is 0 Å². The summed E-state index contributed by atoms with van der Waals surface area (Å²) < 4.78 is 2.31. The molecule has 1 aromatic heterocycles. The molecule has 0 saturated heterocycles. The zero-order valence-corrected chi connectivity index (χ0v) is 11.5. The van der Waals surface area contributed by atoms with Gasteiger partial charge in [-0.15, -0.1) is 0 Å². The van der Waals surface area contributed by atoms with Gasteiger partial charge in [0, 0.05) is 30.2 Å². The minimum atomic E-state index is 1.11. The quantitative estimate of drug-likeness (QED) is 0.787. The molecule has 0 atom stereocenters. The first-order valence-electron chi connectivity index (χ1n) is 6.20. The normalized spacial score (nSPS) is 11.6. The highest BCUT2D eigenvalue weighted by Crippen LogP contribution is 2.26. The van der Waals surface area contributed by atoms with Crippen LogP contribution < -0.4 is 0 Å². The van der Waals surface area contributed by atoms with E-state index < -0.39 is 0 Å². The highest BCUT2D eigenvalue weighted by atomic mass is 15.0. The molecule has 92 valence electrons. The molecule has 0 aliphatic heterocycles. The number of benzene rings is 1. The van der Waals surface area contributed by atoms with E-state index in [1.165, 1.54) is 27.7 Å². The summed E-state index contributed by atoms with van der Waals surface area (Å²) in [5.74, 6) is 0. The van der Waals surface area contributed by atoms with Gasteiger partial charge in [-0.3, -0.25) is 0 Å². The van der Waals surface area contributed by atoms with E-state index in [0.717, 1.165) is 13.0 Å². The summed E-state index contributed by atoms with van der Waals surface area (Å²) in [6, 6.07) is 6.74. The van der Waals surface area contributed by atoms with Crippen LogP contribution in [-0.2, 0) is 13.5 Å². The Morgan fingerprint density at radius 3 is 2.53 bits per heavy atom. The molecule has 2 rings (SSSR count). The van der Waals surface area contributed by atoms with Crippen LogP contribution in [0.2, 0.25) is 0 Å². The van der Waals surface area contributed by atoms with Gasteiger partial charge in [0.1, 0.15) is 0 Å². The van der Waals surface area contributed by atoms with Gasteiger partial charge in [-0.1, -0.05) is 11.6 Å². The van der Waals surface area contributed by atoms with Crippen molar-refractivity contribution in [2.45, 2.75) is 20.3 Å². The average molecular weight is 230 g/mol. The van der Waals surface area contributed by atoms with Crippen LogP contribution in [0.15, 0.2) is 18.2 Å². The maximum Gasteiger partial charge on any atom is 0.0482 e. The number of hydrogen-bond acceptors (Lipinski definition) is 1. The van der Waals surface area contributed by atoms with Crippen LogP contribution in [0.5, 0.6) is 0 Å². The Kier molecular flexibility index (Phi) is 3.25. The molecule has 0 aliphatic rings. The first-order valence-corrected chi connectivity index (χ1v) is 6.20. The zero-order valence-electron chi connectivity index (χ0n) is 11.5. The first-order chi connectivity index (χ1) is 8.00. The van der Waals surface area contributed by atoms with E-state index in [1.54, 1.807) is 0 Å². The molecule has 2 aromatic rings. The SMILES string of the molecule is Cc1ccc2c(c1)c(CCN(C)C)c(C)n2C. The van der Waals surface area contributed by atoms with Gasteiger partial charge in [0.2, 0.25) is 0 Å². The maximum atomic E-state index is 2.31. The van der Waals surface area contributed by atoms with Gasteiger partial charge in [0.05, 0.1) is 0 Å². The maximum absolute atomic E-state index is 2.31. The lowest BCUT2D eigenvalue weighted by molar-refractivity contribution is 0.413. The van der Waals surface area contributed by atoms with Gasteiger partial charge in [-0.25, -0.2) is 0 Å². The molecule has 0 bridgehead atoms. The summed E-state index contributed by atoms with van der Waals surface area (Å²) in [4.78, 5) is 2.24. The number of fused-ring (bicyclic) bond motifs is 1. The lowest BCUT2D eigenvalue weighted by atomic mass is 10.1. The predicted octanol–water partition coefficient (Wildman–Crippen LogP) is 2.90. The van der Waals surface area contributed by atoms with Gasteiger partial charge in [0.25, 0.3) is 0 Å². The van der Waals surface area contributed by atoms with Crippen molar-refractivity contribution in [3.63, 3.8) is 0 Å². The smallest absolute Gasteiger partial charge is 0.0482 e. The van der Waals surface area contributed by atoms with Crippen LogP contribution in [0.3, 0.4) is 0 Å².